The highest BCUT2D eigenvalue weighted by Crippen LogP contribution is 2.34. The average Bonchev–Trinajstić information content (AvgIpc) is 3.09. The van der Waals surface area contributed by atoms with E-state index in [1.165, 1.54) is 18.3 Å². The molecule has 0 saturated heterocycles. The van der Waals surface area contributed by atoms with E-state index in [4.69, 9.17) is 4.74 Å². The molecule has 0 amide bonds. The lowest BCUT2D eigenvalue weighted by atomic mass is 10.2. The molecule has 0 saturated carbocycles. The Morgan fingerprint density at radius 3 is 2.56 bits per heavy atom. The Labute approximate surface area is 166 Å². The average molecular weight is 436 g/mol. The molecule has 2 rings (SSSR count). The lowest BCUT2D eigenvalue weighted by Gasteiger charge is -2.27. The predicted molar refractivity (Wildman–Crippen MR) is 114 cm³/mol. The van der Waals surface area contributed by atoms with Crippen molar-refractivity contribution in [2.24, 2.45) is 0 Å². The van der Waals surface area contributed by atoms with Crippen LogP contribution in [0.4, 0.5) is 15.8 Å². The molecule has 0 aliphatic heterocycles. The zero-order chi connectivity index (χ0) is 20.2. The van der Waals surface area contributed by atoms with Crippen molar-refractivity contribution in [1.29, 1.82) is 0 Å². The summed E-state index contributed by atoms with van der Waals surface area (Å²) in [6.45, 7) is 1.97. The van der Waals surface area contributed by atoms with Crippen molar-refractivity contribution in [3.05, 3.63) is 35.1 Å². The van der Waals surface area contributed by atoms with Crippen LogP contribution in [0, 0.1) is 12.7 Å². The minimum absolute atomic E-state index is 0.192. The van der Waals surface area contributed by atoms with Crippen LogP contribution in [0.5, 0.6) is 0 Å². The molecule has 6 nitrogen and oxygen atoms in total. The first-order chi connectivity index (χ1) is 12.6. The first-order valence-corrected chi connectivity index (χ1v) is 13.5. The van der Waals surface area contributed by atoms with Gasteiger partial charge in [-0.3, -0.25) is 0 Å². The van der Waals surface area contributed by atoms with E-state index in [1.807, 2.05) is 0 Å². The highest BCUT2D eigenvalue weighted by atomic mass is 32.3. The monoisotopic (exact) mass is 435 g/mol. The number of ether oxygens (including phenoxy) is 1. The predicted octanol–water partition coefficient (Wildman–Crippen LogP) is 3.50. The Morgan fingerprint density at radius 1 is 1.30 bits per heavy atom. The maximum Gasteiger partial charge on any atom is 0.269 e. The van der Waals surface area contributed by atoms with Crippen LogP contribution in [0.2, 0.25) is 0 Å². The quantitative estimate of drug-likeness (QED) is 0.482. The smallest absolute Gasteiger partial charge is 0.269 e. The van der Waals surface area contributed by atoms with Gasteiger partial charge in [0.2, 0.25) is 0 Å². The number of benzene rings is 1. The lowest BCUT2D eigenvalue weighted by molar-refractivity contribution is 0.159. The number of rotatable bonds is 9. The van der Waals surface area contributed by atoms with Crippen LogP contribution < -0.4 is 9.62 Å². The number of aromatic nitrogens is 1. The van der Waals surface area contributed by atoms with Crippen LogP contribution in [-0.4, -0.2) is 57.7 Å². The third kappa shape index (κ3) is 5.56. The molecule has 0 aliphatic rings. The molecule has 1 aromatic heterocycles. The molecule has 0 spiro atoms. The number of hydrogen-bond donors (Lipinski definition) is 1. The topological polar surface area (TPSA) is 71.5 Å². The summed E-state index contributed by atoms with van der Waals surface area (Å²) in [7, 11) is -3.24. The van der Waals surface area contributed by atoms with Gasteiger partial charge in [0.25, 0.3) is 10.0 Å². The van der Waals surface area contributed by atoms with Gasteiger partial charge in [-0.25, -0.2) is 27.1 Å². The number of nitrogens with zero attached hydrogens (tertiary/aromatic N) is 2. The van der Waals surface area contributed by atoms with E-state index in [2.05, 4.69) is 28.5 Å². The first-order valence-electron chi connectivity index (χ1n) is 8.20. The maximum atomic E-state index is 14.6. The molecule has 1 N–H and O–H groups in total. The number of nitrogens with one attached hydrogen (secondary N) is 1. The van der Waals surface area contributed by atoms with Crippen LogP contribution in [-0.2, 0) is 14.8 Å². The molecule has 2 aromatic rings. The summed E-state index contributed by atoms with van der Waals surface area (Å²) in [5, 5.41) is 4.45. The molecule has 27 heavy (non-hydrogen) atoms. The van der Waals surface area contributed by atoms with Gasteiger partial charge in [0, 0.05) is 23.9 Å². The zero-order valence-corrected chi connectivity index (χ0v) is 18.6. The first kappa shape index (κ1) is 21.9. The van der Waals surface area contributed by atoms with Crippen molar-refractivity contribution in [1.82, 2.24) is 4.37 Å². The molecule has 152 valence electrons. The minimum atomic E-state index is -4.14. The SMILES string of the molecule is CNc1cc(F)c(S(=O)(=O)N(COCCS(C)(C)C)c2cnsc2)cc1C. The molecule has 0 fully saturated rings. The van der Waals surface area contributed by atoms with Gasteiger partial charge < -0.3 is 10.1 Å². The normalized spacial score (nSPS) is 12.8. The summed E-state index contributed by atoms with van der Waals surface area (Å²) in [6.07, 6.45) is 7.92. The zero-order valence-electron chi connectivity index (χ0n) is 16.2. The molecular weight excluding hydrogens is 409 g/mol. The largest absolute Gasteiger partial charge is 0.388 e. The maximum absolute atomic E-state index is 14.6. The van der Waals surface area contributed by atoms with Gasteiger partial charge >= 0.3 is 0 Å². The van der Waals surface area contributed by atoms with Crippen molar-refractivity contribution in [3.8, 4) is 0 Å². The molecule has 0 aliphatic carbocycles. The fourth-order valence-corrected chi connectivity index (χ4v) is 4.97. The fourth-order valence-electron chi connectivity index (χ4n) is 2.30. The second-order valence-electron chi connectivity index (χ2n) is 6.92. The van der Waals surface area contributed by atoms with Gasteiger partial charge in [0.15, 0.2) is 0 Å². The Kier molecular flexibility index (Phi) is 7.12. The van der Waals surface area contributed by atoms with Crippen molar-refractivity contribution in [3.63, 3.8) is 0 Å². The molecule has 1 aromatic carbocycles. The number of anilines is 2. The van der Waals surface area contributed by atoms with Gasteiger partial charge in [-0.1, -0.05) is 0 Å². The molecule has 0 unspecified atom stereocenters. The van der Waals surface area contributed by atoms with Crippen molar-refractivity contribution < 1.29 is 17.5 Å². The summed E-state index contributed by atoms with van der Waals surface area (Å²) in [4.78, 5) is -0.379. The minimum Gasteiger partial charge on any atom is -0.388 e. The number of sulfonamides is 1. The Bertz CT molecular complexity index is 866. The van der Waals surface area contributed by atoms with Crippen LogP contribution in [0.25, 0.3) is 0 Å². The number of hydrogen-bond acceptors (Lipinski definition) is 6. The summed E-state index contributed by atoms with van der Waals surface area (Å²) in [5.74, 6) is 0.0462. The third-order valence-electron chi connectivity index (χ3n) is 3.87. The van der Waals surface area contributed by atoms with Crippen LogP contribution in [0.3, 0.4) is 0 Å². The van der Waals surface area contributed by atoms with Gasteiger partial charge in [-0.2, -0.15) is 4.37 Å². The van der Waals surface area contributed by atoms with E-state index < -0.39 is 25.9 Å². The van der Waals surface area contributed by atoms with Crippen molar-refractivity contribution in [2.45, 2.75) is 11.8 Å². The second-order valence-corrected chi connectivity index (χ2v) is 14.0. The van der Waals surface area contributed by atoms with Crippen molar-refractivity contribution >= 4 is 43.0 Å². The van der Waals surface area contributed by atoms with Crippen LogP contribution >= 0.6 is 21.6 Å². The van der Waals surface area contributed by atoms with E-state index in [1.54, 1.807) is 19.4 Å². The van der Waals surface area contributed by atoms with Gasteiger partial charge in [-0.15, -0.1) is 0 Å². The van der Waals surface area contributed by atoms with E-state index >= 15 is 0 Å². The van der Waals surface area contributed by atoms with Gasteiger partial charge in [-0.05, 0) is 54.9 Å². The summed E-state index contributed by atoms with van der Waals surface area (Å²) in [5.41, 5.74) is 1.54. The molecule has 10 heteroatoms. The van der Waals surface area contributed by atoms with Gasteiger partial charge in [0.1, 0.15) is 17.4 Å². The number of halogens is 1. The Hall–Kier alpha value is -1.36. The summed E-state index contributed by atoms with van der Waals surface area (Å²) >= 11 is 1.12. The van der Waals surface area contributed by atoms with Crippen LogP contribution in [0.15, 0.2) is 28.6 Å². The van der Waals surface area contributed by atoms with E-state index in [-0.39, 0.29) is 11.6 Å². The van der Waals surface area contributed by atoms with E-state index in [9.17, 15) is 12.8 Å². The van der Waals surface area contributed by atoms with Crippen molar-refractivity contribution in [2.75, 3.05) is 54.5 Å². The molecular formula is C17H26FN3O3S3. The lowest BCUT2D eigenvalue weighted by Crippen LogP contribution is -2.34. The molecule has 1 heterocycles. The highest BCUT2D eigenvalue weighted by Gasteiger charge is 2.29. The molecule has 0 radical (unpaired) electrons. The highest BCUT2D eigenvalue weighted by molar-refractivity contribution is 8.32. The standard InChI is InChI=1S/C17H26FN3O3S3/c1-13-8-17(15(18)9-16(13)19-2)27(22,23)21(14-10-20-25-11-14)12-24-6-7-26(3,4)5/h8-11,19H,6-7,12H2,1-5H3. The Morgan fingerprint density at radius 2 is 2.00 bits per heavy atom. The second kappa shape index (κ2) is 8.76. The summed E-state index contributed by atoms with van der Waals surface area (Å²) in [6, 6.07) is 2.53. The third-order valence-corrected chi connectivity index (χ3v) is 7.60. The van der Waals surface area contributed by atoms with Gasteiger partial charge in [0.05, 0.1) is 18.5 Å². The summed E-state index contributed by atoms with van der Waals surface area (Å²) < 4.78 is 51.5. The Balaban J connectivity index is 2.33. The molecule has 0 bridgehead atoms. The van der Waals surface area contributed by atoms with E-state index in [0.29, 0.717) is 23.5 Å². The number of aryl methyl sites for hydroxylation is 1. The van der Waals surface area contributed by atoms with Crippen LogP contribution in [0.1, 0.15) is 5.56 Å². The molecule has 0 atom stereocenters. The van der Waals surface area contributed by atoms with E-state index in [0.717, 1.165) is 21.6 Å². The fraction of sp³-hybridized carbons (Fsp3) is 0.471.